The number of hydrogen-bond acceptors (Lipinski definition) is 11. The van der Waals surface area contributed by atoms with Crippen molar-refractivity contribution in [2.75, 3.05) is 26.4 Å². The Balaban J connectivity index is 2.37. The average molecular weight is 727 g/mol. The van der Waals surface area contributed by atoms with Crippen LogP contribution >= 0.6 is 0 Å². The maximum Gasteiger partial charge on any atom is 0.397 e. The lowest BCUT2D eigenvalue weighted by Gasteiger charge is -2.41. The summed E-state index contributed by atoms with van der Waals surface area (Å²) in [5.74, 6) is -0.409. The maximum absolute atomic E-state index is 12.6. The second kappa shape index (κ2) is 29.7. The molecule has 12 nitrogen and oxygen atoms in total. The molecule has 1 heterocycles. The number of ether oxygens (including phenoxy) is 4. The summed E-state index contributed by atoms with van der Waals surface area (Å²) < 4.78 is 58.5. The molecule has 49 heavy (non-hydrogen) atoms. The van der Waals surface area contributed by atoms with Gasteiger partial charge in [0.1, 0.15) is 30.5 Å². The van der Waals surface area contributed by atoms with E-state index in [0.29, 0.717) is 13.0 Å². The third kappa shape index (κ3) is 24.1. The highest BCUT2D eigenvalue weighted by molar-refractivity contribution is 7.80. The van der Waals surface area contributed by atoms with Crippen LogP contribution in [0, 0.1) is 0 Å². The van der Waals surface area contributed by atoms with Crippen LogP contribution in [0.25, 0.3) is 0 Å². The summed E-state index contributed by atoms with van der Waals surface area (Å²) in [6, 6.07) is 0. The fourth-order valence-corrected chi connectivity index (χ4v) is 6.53. The average Bonchev–Trinajstić information content (AvgIpc) is 3.06. The van der Waals surface area contributed by atoms with Gasteiger partial charge in [0.25, 0.3) is 0 Å². The molecule has 1 aliphatic heterocycles. The lowest BCUT2D eigenvalue weighted by atomic mass is 9.99. The van der Waals surface area contributed by atoms with Crippen LogP contribution in [0.3, 0.4) is 0 Å². The van der Waals surface area contributed by atoms with Gasteiger partial charge in [0.2, 0.25) is 0 Å². The minimum Gasteiger partial charge on any atom is -0.457 e. The molecule has 6 atom stereocenters. The molecule has 0 radical (unpaired) electrons. The zero-order valence-corrected chi connectivity index (χ0v) is 31.3. The Bertz CT molecular complexity index is 889. The Morgan fingerprint density at radius 1 is 0.694 bits per heavy atom. The van der Waals surface area contributed by atoms with E-state index in [-0.39, 0.29) is 19.6 Å². The van der Waals surface area contributed by atoms with Crippen LogP contribution in [0.4, 0.5) is 0 Å². The van der Waals surface area contributed by atoms with Crippen LogP contribution in [0.1, 0.15) is 162 Å². The second-order valence-corrected chi connectivity index (χ2v) is 14.6. The van der Waals surface area contributed by atoms with Crippen LogP contribution in [0.15, 0.2) is 0 Å². The third-order valence-electron chi connectivity index (χ3n) is 8.98. The molecule has 1 aliphatic rings. The second-order valence-electron chi connectivity index (χ2n) is 13.5. The number of carbonyl (C=O) groups is 1. The summed E-state index contributed by atoms with van der Waals surface area (Å²) in [4.78, 5) is 12.6. The smallest absolute Gasteiger partial charge is 0.397 e. The molecule has 0 saturated carbocycles. The van der Waals surface area contributed by atoms with E-state index in [4.69, 9.17) is 23.5 Å². The van der Waals surface area contributed by atoms with Crippen molar-refractivity contribution in [3.63, 3.8) is 0 Å². The minimum absolute atomic E-state index is 0.0419. The molecule has 1 saturated heterocycles. The highest BCUT2D eigenvalue weighted by Crippen LogP contribution is 2.26. The molecule has 0 bridgehead atoms. The van der Waals surface area contributed by atoms with E-state index in [1.54, 1.807) is 0 Å². The van der Waals surface area contributed by atoms with Crippen molar-refractivity contribution in [3.05, 3.63) is 0 Å². The van der Waals surface area contributed by atoms with Gasteiger partial charge in [-0.05, 0) is 12.8 Å². The summed E-state index contributed by atoms with van der Waals surface area (Å²) in [6.45, 7) is 3.89. The summed E-state index contributed by atoms with van der Waals surface area (Å²) in [5.41, 5.74) is 0. The number of esters is 1. The van der Waals surface area contributed by atoms with E-state index < -0.39 is 59.8 Å². The molecule has 1 rings (SSSR count). The van der Waals surface area contributed by atoms with Crippen molar-refractivity contribution in [1.82, 2.24) is 0 Å². The van der Waals surface area contributed by atoms with Crippen LogP contribution in [-0.4, -0.2) is 97.5 Å². The van der Waals surface area contributed by atoms with Gasteiger partial charge in [0.05, 0.1) is 19.8 Å². The van der Waals surface area contributed by atoms with Crippen molar-refractivity contribution in [2.45, 2.75) is 198 Å². The number of rotatable bonds is 33. The topological polar surface area (TPSA) is 178 Å². The molecular weight excluding hydrogens is 656 g/mol. The van der Waals surface area contributed by atoms with Crippen molar-refractivity contribution < 1.29 is 56.2 Å². The van der Waals surface area contributed by atoms with E-state index in [2.05, 4.69) is 18.0 Å². The molecular formula is C36H70O12S. The highest BCUT2D eigenvalue weighted by atomic mass is 32.3. The molecule has 0 aliphatic carbocycles. The molecule has 13 heteroatoms. The van der Waals surface area contributed by atoms with E-state index in [0.717, 1.165) is 44.9 Å². The van der Waals surface area contributed by atoms with E-state index in [1.165, 1.54) is 89.9 Å². The summed E-state index contributed by atoms with van der Waals surface area (Å²) in [6.07, 6.45) is 17.7. The van der Waals surface area contributed by atoms with Gasteiger partial charge in [-0.2, -0.15) is 8.42 Å². The van der Waals surface area contributed by atoms with Gasteiger partial charge >= 0.3 is 16.4 Å². The van der Waals surface area contributed by atoms with Crippen LogP contribution in [0.5, 0.6) is 0 Å². The Kier molecular flexibility index (Phi) is 27.9. The minimum atomic E-state index is -5.04. The molecule has 4 N–H and O–H groups in total. The number of aliphatic hydroxyl groups is 3. The first kappa shape index (κ1) is 46.1. The predicted molar refractivity (Wildman–Crippen MR) is 188 cm³/mol. The lowest BCUT2D eigenvalue weighted by Crippen LogP contribution is -2.60. The number of unbranched alkanes of at least 4 members (excludes halogenated alkanes) is 20. The standard InChI is InChI=1S/C36H70O12S/c1-3-5-7-9-10-11-12-13-14-15-16-17-18-19-20-22-24-26-44-28-30(46-32(38)25-23-21-8-6-4-2)29-45-36-34(40)35(48-49(41,42)43)33(39)31(27-37)47-36/h30-31,33-37,39-40H,3-29H2,1-2H3,(H,41,42,43). The van der Waals surface area contributed by atoms with Crippen LogP contribution in [0.2, 0.25) is 0 Å². The Morgan fingerprint density at radius 2 is 1.16 bits per heavy atom. The van der Waals surface area contributed by atoms with Gasteiger partial charge in [-0.1, -0.05) is 142 Å². The SMILES string of the molecule is CCCCCCCCCCCCCCCCCCCOCC(COC1OC(CO)C(O)C(OS(=O)(=O)O)C1O)OC(=O)CCCCCCC. The van der Waals surface area contributed by atoms with E-state index in [1.807, 2.05) is 0 Å². The molecule has 0 aromatic carbocycles. The normalized spacial score (nSPS) is 22.0. The number of aliphatic hydroxyl groups excluding tert-OH is 3. The third-order valence-corrected chi connectivity index (χ3v) is 9.44. The summed E-state index contributed by atoms with van der Waals surface area (Å²) in [7, 11) is -5.04. The molecule has 0 aromatic rings. The molecule has 292 valence electrons. The van der Waals surface area contributed by atoms with Crippen molar-refractivity contribution in [1.29, 1.82) is 0 Å². The maximum atomic E-state index is 12.6. The fraction of sp³-hybridized carbons (Fsp3) is 0.972. The van der Waals surface area contributed by atoms with Gasteiger partial charge in [0.15, 0.2) is 6.29 Å². The molecule has 6 unspecified atom stereocenters. The van der Waals surface area contributed by atoms with Crippen LogP contribution in [-0.2, 0) is 38.3 Å². The van der Waals surface area contributed by atoms with Gasteiger partial charge in [-0.3, -0.25) is 9.35 Å². The monoisotopic (exact) mass is 726 g/mol. The molecule has 0 spiro atoms. The van der Waals surface area contributed by atoms with Crippen molar-refractivity contribution in [2.24, 2.45) is 0 Å². The number of carbonyl (C=O) groups excluding carboxylic acids is 1. The lowest BCUT2D eigenvalue weighted by molar-refractivity contribution is -0.301. The summed E-state index contributed by atoms with van der Waals surface area (Å²) in [5, 5.41) is 30.4. The van der Waals surface area contributed by atoms with E-state index in [9.17, 15) is 28.5 Å². The molecule has 0 aromatic heterocycles. The molecule has 1 fully saturated rings. The van der Waals surface area contributed by atoms with Gasteiger partial charge in [0, 0.05) is 13.0 Å². The first-order chi connectivity index (χ1) is 23.6. The number of hydrogen-bond donors (Lipinski definition) is 4. The van der Waals surface area contributed by atoms with Gasteiger partial charge < -0.3 is 34.3 Å². The first-order valence-electron chi connectivity index (χ1n) is 19.3. The Morgan fingerprint density at radius 3 is 1.63 bits per heavy atom. The quantitative estimate of drug-likeness (QED) is 0.0325. The van der Waals surface area contributed by atoms with Crippen molar-refractivity contribution >= 4 is 16.4 Å². The predicted octanol–water partition coefficient (Wildman–Crippen LogP) is 6.57. The first-order valence-corrected chi connectivity index (χ1v) is 20.7. The fourth-order valence-electron chi connectivity index (χ4n) is 6.02. The van der Waals surface area contributed by atoms with Gasteiger partial charge in [-0.25, -0.2) is 4.18 Å². The zero-order chi connectivity index (χ0) is 36.2. The Hall–Kier alpha value is -0.900. The van der Waals surface area contributed by atoms with E-state index >= 15 is 0 Å². The zero-order valence-electron chi connectivity index (χ0n) is 30.5. The largest absolute Gasteiger partial charge is 0.457 e. The van der Waals surface area contributed by atoms with Gasteiger partial charge in [-0.15, -0.1) is 0 Å². The summed E-state index contributed by atoms with van der Waals surface area (Å²) >= 11 is 0. The highest BCUT2D eigenvalue weighted by Gasteiger charge is 2.48. The Labute approximate surface area is 296 Å². The van der Waals surface area contributed by atoms with Crippen LogP contribution < -0.4 is 0 Å². The molecule has 0 amide bonds. The van der Waals surface area contributed by atoms with Crippen molar-refractivity contribution in [3.8, 4) is 0 Å².